The van der Waals surface area contributed by atoms with E-state index < -0.39 is 0 Å². The Morgan fingerprint density at radius 2 is 1.97 bits per heavy atom. The third kappa shape index (κ3) is 4.54. The van der Waals surface area contributed by atoms with E-state index in [0.29, 0.717) is 11.5 Å². The van der Waals surface area contributed by atoms with Crippen LogP contribution in [0.5, 0.6) is 0 Å². The van der Waals surface area contributed by atoms with Gasteiger partial charge >= 0.3 is 0 Å². The van der Waals surface area contributed by atoms with Crippen LogP contribution in [0.1, 0.15) is 36.6 Å². The minimum Gasteiger partial charge on any atom is -0.378 e. The van der Waals surface area contributed by atoms with E-state index in [-0.39, 0.29) is 11.6 Å². The number of H-pyrrole nitrogens is 1. The van der Waals surface area contributed by atoms with Gasteiger partial charge in [-0.25, -0.2) is 4.98 Å². The van der Waals surface area contributed by atoms with E-state index in [1.54, 1.807) is 12.3 Å². The first-order valence-electron chi connectivity index (χ1n) is 10.1. The van der Waals surface area contributed by atoms with E-state index in [0.717, 1.165) is 31.6 Å². The summed E-state index contributed by atoms with van der Waals surface area (Å²) in [5.41, 5.74) is 3.86. The molecule has 0 saturated carbocycles. The minimum atomic E-state index is -0.128. The third-order valence-electron chi connectivity index (χ3n) is 5.46. The highest BCUT2D eigenvalue weighted by molar-refractivity contribution is 5.48. The van der Waals surface area contributed by atoms with Crippen molar-refractivity contribution >= 4 is 5.69 Å². The van der Waals surface area contributed by atoms with Crippen molar-refractivity contribution in [3.05, 3.63) is 76.3 Å². The summed E-state index contributed by atoms with van der Waals surface area (Å²) in [6.07, 6.45) is 5.04. The van der Waals surface area contributed by atoms with E-state index in [2.05, 4.69) is 44.0 Å². The van der Waals surface area contributed by atoms with Crippen LogP contribution in [0.2, 0.25) is 0 Å². The smallest absolute Gasteiger partial charge is 0.251 e. The molecule has 150 valence electrons. The molecule has 1 fully saturated rings. The second-order valence-corrected chi connectivity index (χ2v) is 7.78. The quantitative estimate of drug-likeness (QED) is 0.722. The highest BCUT2D eigenvalue weighted by Crippen LogP contribution is 2.31. The number of benzene rings is 1. The fourth-order valence-corrected chi connectivity index (χ4v) is 3.92. The molecule has 0 unspecified atom stereocenters. The summed E-state index contributed by atoms with van der Waals surface area (Å²) in [7, 11) is 4.10. The number of piperidine rings is 1. The largest absolute Gasteiger partial charge is 0.378 e. The lowest BCUT2D eigenvalue weighted by atomic mass is 9.98. The number of aromatic nitrogens is 3. The molecule has 1 N–H and O–H groups in total. The van der Waals surface area contributed by atoms with Gasteiger partial charge in [0.15, 0.2) is 5.82 Å². The summed E-state index contributed by atoms with van der Waals surface area (Å²) in [6, 6.07) is 16.1. The monoisotopic (exact) mass is 389 g/mol. The van der Waals surface area contributed by atoms with Crippen molar-refractivity contribution in [2.24, 2.45) is 0 Å². The lowest BCUT2D eigenvalue weighted by Crippen LogP contribution is -2.34. The van der Waals surface area contributed by atoms with Crippen LogP contribution in [-0.4, -0.2) is 40.5 Å². The Hall–Kier alpha value is -2.99. The molecule has 1 aliphatic heterocycles. The predicted octanol–water partition coefficient (Wildman–Crippen LogP) is 3.63. The lowest BCUT2D eigenvalue weighted by molar-refractivity contribution is 0.137. The van der Waals surface area contributed by atoms with Gasteiger partial charge in [-0.05, 0) is 49.2 Å². The average molecular weight is 390 g/mol. The van der Waals surface area contributed by atoms with Crippen molar-refractivity contribution in [1.29, 1.82) is 0 Å². The zero-order valence-corrected chi connectivity index (χ0v) is 17.0. The number of nitrogens with one attached hydrogen (secondary N) is 1. The standard InChI is InChI=1S/C23H27N5O/c1-27(2)18-11-9-17(10-12-18)16-28-14-6-4-8-21(28)20-15-22(29)26-23(25-20)19-7-3-5-13-24-19/h3,5,7,9-13,15,21H,4,6,8,14,16H2,1-2H3,(H,25,26,29)/t21-/m0/s1. The number of aromatic amines is 1. The van der Waals surface area contributed by atoms with Gasteiger partial charge in [-0.15, -0.1) is 0 Å². The van der Waals surface area contributed by atoms with Crippen molar-refractivity contribution in [3.63, 3.8) is 0 Å². The number of hydrogen-bond donors (Lipinski definition) is 1. The highest BCUT2D eigenvalue weighted by atomic mass is 16.1. The zero-order valence-electron chi connectivity index (χ0n) is 17.0. The first kappa shape index (κ1) is 19.3. The number of rotatable bonds is 5. The molecule has 0 bridgehead atoms. The van der Waals surface area contributed by atoms with E-state index in [4.69, 9.17) is 4.98 Å². The van der Waals surface area contributed by atoms with Gasteiger partial charge in [-0.1, -0.05) is 24.6 Å². The molecule has 6 heteroatoms. The fourth-order valence-electron chi connectivity index (χ4n) is 3.92. The maximum atomic E-state index is 12.3. The molecule has 0 spiro atoms. The first-order valence-corrected chi connectivity index (χ1v) is 10.1. The average Bonchev–Trinajstić information content (AvgIpc) is 2.75. The highest BCUT2D eigenvalue weighted by Gasteiger charge is 2.26. The van der Waals surface area contributed by atoms with E-state index >= 15 is 0 Å². The van der Waals surface area contributed by atoms with Crippen LogP contribution in [0.4, 0.5) is 5.69 Å². The SMILES string of the molecule is CN(C)c1ccc(CN2CCCC[C@H]2c2cc(=O)[nH]c(-c3ccccn3)n2)cc1. The Kier molecular flexibility index (Phi) is 5.71. The van der Waals surface area contributed by atoms with Gasteiger partial charge in [-0.2, -0.15) is 0 Å². The van der Waals surface area contributed by atoms with Crippen molar-refractivity contribution in [2.45, 2.75) is 31.8 Å². The number of likely N-dealkylation sites (tertiary alicyclic amines) is 1. The lowest BCUT2D eigenvalue weighted by Gasteiger charge is -2.35. The van der Waals surface area contributed by atoms with Crippen molar-refractivity contribution in [1.82, 2.24) is 19.9 Å². The number of anilines is 1. The summed E-state index contributed by atoms with van der Waals surface area (Å²) in [5.74, 6) is 0.536. The number of hydrogen-bond acceptors (Lipinski definition) is 5. The van der Waals surface area contributed by atoms with Gasteiger partial charge < -0.3 is 9.88 Å². The van der Waals surface area contributed by atoms with Crippen LogP contribution >= 0.6 is 0 Å². The van der Waals surface area contributed by atoms with Gasteiger partial charge in [0.1, 0.15) is 5.69 Å². The van der Waals surface area contributed by atoms with E-state index in [1.165, 1.54) is 17.7 Å². The molecular formula is C23H27N5O. The molecule has 0 amide bonds. The molecule has 0 aliphatic carbocycles. The summed E-state index contributed by atoms with van der Waals surface area (Å²) in [4.78, 5) is 28.9. The zero-order chi connectivity index (χ0) is 20.2. The van der Waals surface area contributed by atoms with Gasteiger partial charge in [0.2, 0.25) is 0 Å². The molecule has 3 aromatic rings. The van der Waals surface area contributed by atoms with Gasteiger partial charge in [0.05, 0.1) is 11.7 Å². The number of nitrogens with zero attached hydrogens (tertiary/aromatic N) is 4. The van der Waals surface area contributed by atoms with E-state index in [1.807, 2.05) is 32.3 Å². The van der Waals surface area contributed by atoms with Crippen LogP contribution in [0, 0.1) is 0 Å². The maximum absolute atomic E-state index is 12.3. The first-order chi connectivity index (χ1) is 14.1. The van der Waals surface area contributed by atoms with Gasteiger partial charge in [0, 0.05) is 38.6 Å². The summed E-state index contributed by atoms with van der Waals surface area (Å²) in [6.45, 7) is 1.86. The second kappa shape index (κ2) is 8.57. The van der Waals surface area contributed by atoms with Crippen LogP contribution < -0.4 is 10.5 Å². The molecule has 4 rings (SSSR count). The van der Waals surface area contributed by atoms with Crippen LogP contribution in [-0.2, 0) is 6.54 Å². The van der Waals surface area contributed by atoms with Crippen molar-refractivity contribution in [2.75, 3.05) is 25.5 Å². The topological polar surface area (TPSA) is 65.1 Å². The van der Waals surface area contributed by atoms with Gasteiger partial charge in [-0.3, -0.25) is 14.7 Å². The van der Waals surface area contributed by atoms with Crippen molar-refractivity contribution < 1.29 is 0 Å². The normalized spacial score (nSPS) is 17.2. The van der Waals surface area contributed by atoms with Crippen molar-refractivity contribution in [3.8, 4) is 11.5 Å². The second-order valence-electron chi connectivity index (χ2n) is 7.78. The molecule has 0 radical (unpaired) electrons. The van der Waals surface area contributed by atoms with Crippen LogP contribution in [0.15, 0.2) is 59.5 Å². The molecule has 29 heavy (non-hydrogen) atoms. The molecule has 1 atom stereocenters. The Labute approximate surface area is 171 Å². The molecule has 3 heterocycles. The molecular weight excluding hydrogens is 362 g/mol. The molecule has 2 aromatic heterocycles. The van der Waals surface area contributed by atoms with Crippen LogP contribution in [0.3, 0.4) is 0 Å². The Morgan fingerprint density at radius 3 is 2.69 bits per heavy atom. The molecule has 1 saturated heterocycles. The summed E-state index contributed by atoms with van der Waals surface area (Å²) in [5, 5.41) is 0. The Morgan fingerprint density at radius 1 is 1.14 bits per heavy atom. The van der Waals surface area contributed by atoms with E-state index in [9.17, 15) is 4.79 Å². The third-order valence-corrected chi connectivity index (χ3v) is 5.46. The molecule has 6 nitrogen and oxygen atoms in total. The Balaban J connectivity index is 1.60. The van der Waals surface area contributed by atoms with Crippen LogP contribution in [0.25, 0.3) is 11.5 Å². The maximum Gasteiger partial charge on any atom is 0.251 e. The summed E-state index contributed by atoms with van der Waals surface area (Å²) < 4.78 is 0. The fraction of sp³-hybridized carbons (Fsp3) is 0.348. The summed E-state index contributed by atoms with van der Waals surface area (Å²) >= 11 is 0. The Bertz CT molecular complexity index is 998. The predicted molar refractivity (Wildman–Crippen MR) is 116 cm³/mol. The van der Waals surface area contributed by atoms with Gasteiger partial charge in [0.25, 0.3) is 5.56 Å². The number of pyridine rings is 1. The molecule has 1 aliphatic rings. The molecule has 1 aromatic carbocycles. The minimum absolute atomic E-state index is 0.128.